The molecule has 0 aliphatic rings. The number of fused-ring (bicyclic) bond motifs is 1. The van der Waals surface area contributed by atoms with E-state index in [1.54, 1.807) is 30.1 Å². The number of anilines is 1. The molecule has 0 spiro atoms. The highest BCUT2D eigenvalue weighted by molar-refractivity contribution is 5.87. The third-order valence-electron chi connectivity index (χ3n) is 2.92. The second-order valence-electron chi connectivity index (χ2n) is 4.01. The first-order valence-electron chi connectivity index (χ1n) is 5.83. The van der Waals surface area contributed by atoms with Crippen LogP contribution in [0.2, 0.25) is 0 Å². The lowest BCUT2D eigenvalue weighted by Crippen LogP contribution is -2.16. The number of nitrogens with zero attached hydrogens (tertiary/aromatic N) is 5. The Kier molecular flexibility index (Phi) is 2.85. The molecule has 2 heterocycles. The normalized spacial score (nSPS) is 10.8. The van der Waals surface area contributed by atoms with Crippen LogP contribution in [0.5, 0.6) is 0 Å². The fourth-order valence-electron chi connectivity index (χ4n) is 1.93. The summed E-state index contributed by atoms with van der Waals surface area (Å²) in [6.07, 6.45) is 3.25. The van der Waals surface area contributed by atoms with Crippen LogP contribution in [0.4, 0.5) is 5.82 Å². The van der Waals surface area contributed by atoms with Crippen LogP contribution in [-0.2, 0) is 4.84 Å². The minimum Gasteiger partial charge on any atom is -0.276 e. The summed E-state index contributed by atoms with van der Waals surface area (Å²) in [6, 6.07) is 9.86. The molecule has 96 valence electrons. The molecule has 6 heteroatoms. The van der Waals surface area contributed by atoms with Gasteiger partial charge in [0.15, 0.2) is 11.5 Å². The molecule has 0 saturated heterocycles. The highest BCUT2D eigenvalue weighted by atomic mass is 16.7. The number of rotatable bonds is 3. The first-order valence-corrected chi connectivity index (χ1v) is 5.83. The maximum atomic E-state index is 5.17. The summed E-state index contributed by atoms with van der Waals surface area (Å²) in [5.41, 5.74) is 1.71. The quantitative estimate of drug-likeness (QED) is 0.668. The van der Waals surface area contributed by atoms with Crippen LogP contribution >= 0.6 is 0 Å². The first-order chi connectivity index (χ1) is 9.31. The van der Waals surface area contributed by atoms with E-state index in [4.69, 9.17) is 4.84 Å². The predicted molar refractivity (Wildman–Crippen MR) is 72.1 cm³/mol. The van der Waals surface area contributed by atoms with Gasteiger partial charge in [0.25, 0.3) is 0 Å². The second-order valence-corrected chi connectivity index (χ2v) is 4.01. The molecule has 0 unspecified atom stereocenters. The third-order valence-corrected chi connectivity index (χ3v) is 2.92. The Morgan fingerprint density at radius 1 is 1.16 bits per heavy atom. The van der Waals surface area contributed by atoms with Gasteiger partial charge in [-0.05, 0) is 12.1 Å². The summed E-state index contributed by atoms with van der Waals surface area (Å²) in [4.78, 5) is 13.7. The third kappa shape index (κ3) is 1.92. The van der Waals surface area contributed by atoms with E-state index >= 15 is 0 Å². The van der Waals surface area contributed by atoms with E-state index in [0.29, 0.717) is 5.82 Å². The van der Waals surface area contributed by atoms with Gasteiger partial charge >= 0.3 is 0 Å². The molecule has 3 aromatic rings. The van der Waals surface area contributed by atoms with Crippen molar-refractivity contribution < 1.29 is 4.84 Å². The van der Waals surface area contributed by atoms with E-state index in [1.807, 2.05) is 30.3 Å². The summed E-state index contributed by atoms with van der Waals surface area (Å²) in [6.45, 7) is 0. The van der Waals surface area contributed by atoms with Crippen molar-refractivity contribution in [3.05, 3.63) is 42.9 Å². The smallest absolute Gasteiger partial charge is 0.168 e. The van der Waals surface area contributed by atoms with E-state index in [-0.39, 0.29) is 0 Å². The molecule has 2 aromatic heterocycles. The summed E-state index contributed by atoms with van der Waals surface area (Å²) < 4.78 is 1.78. The standard InChI is InChI=1S/C13H13N5O/c1-17(19-2)12-11-8-16-18(13(11)15-9-14-12)10-6-4-3-5-7-10/h3-9H,1-2H3. The molecule has 0 N–H and O–H groups in total. The van der Waals surface area contributed by atoms with Crippen molar-refractivity contribution in [2.75, 3.05) is 19.2 Å². The summed E-state index contributed by atoms with van der Waals surface area (Å²) >= 11 is 0. The molecule has 0 saturated carbocycles. The zero-order valence-electron chi connectivity index (χ0n) is 10.7. The lowest BCUT2D eigenvalue weighted by molar-refractivity contribution is 0.183. The van der Waals surface area contributed by atoms with Crippen molar-refractivity contribution in [3.8, 4) is 5.69 Å². The largest absolute Gasteiger partial charge is 0.276 e. The fourth-order valence-corrected chi connectivity index (χ4v) is 1.93. The Hall–Kier alpha value is -2.47. The molecule has 0 aliphatic carbocycles. The minimum atomic E-state index is 0.690. The van der Waals surface area contributed by atoms with Crippen molar-refractivity contribution in [2.45, 2.75) is 0 Å². The maximum Gasteiger partial charge on any atom is 0.168 e. The molecular formula is C13H13N5O. The van der Waals surface area contributed by atoms with Gasteiger partial charge in [0.05, 0.1) is 24.4 Å². The van der Waals surface area contributed by atoms with E-state index in [9.17, 15) is 0 Å². The zero-order chi connectivity index (χ0) is 13.2. The van der Waals surface area contributed by atoms with E-state index in [0.717, 1.165) is 16.7 Å². The van der Waals surface area contributed by atoms with Crippen LogP contribution in [0, 0.1) is 0 Å². The molecule has 0 aliphatic heterocycles. The van der Waals surface area contributed by atoms with Crippen molar-refractivity contribution in [1.82, 2.24) is 19.7 Å². The summed E-state index contributed by atoms with van der Waals surface area (Å²) in [7, 11) is 3.39. The van der Waals surface area contributed by atoms with Gasteiger partial charge in [-0.1, -0.05) is 18.2 Å². The molecule has 0 atom stereocenters. The Labute approximate surface area is 110 Å². The molecule has 3 rings (SSSR count). The molecule has 0 amide bonds. The van der Waals surface area contributed by atoms with Gasteiger partial charge in [-0.2, -0.15) is 5.10 Å². The summed E-state index contributed by atoms with van der Waals surface area (Å²) in [5.74, 6) is 0.690. The van der Waals surface area contributed by atoms with Gasteiger partial charge in [0.2, 0.25) is 0 Å². The second kappa shape index (κ2) is 4.66. The van der Waals surface area contributed by atoms with Crippen LogP contribution < -0.4 is 5.06 Å². The number of hydrogen-bond acceptors (Lipinski definition) is 5. The average molecular weight is 255 g/mol. The van der Waals surface area contributed by atoms with Crippen molar-refractivity contribution in [3.63, 3.8) is 0 Å². The fraction of sp³-hybridized carbons (Fsp3) is 0.154. The highest BCUT2D eigenvalue weighted by Gasteiger charge is 2.13. The number of benzene rings is 1. The Bertz CT molecular complexity index is 695. The number of aromatic nitrogens is 4. The van der Waals surface area contributed by atoms with Gasteiger partial charge < -0.3 is 0 Å². The van der Waals surface area contributed by atoms with Crippen molar-refractivity contribution in [2.24, 2.45) is 0 Å². The Balaban J connectivity index is 2.20. The van der Waals surface area contributed by atoms with Crippen LogP contribution in [0.3, 0.4) is 0 Å². The lowest BCUT2D eigenvalue weighted by atomic mass is 10.3. The molecule has 6 nitrogen and oxygen atoms in total. The van der Waals surface area contributed by atoms with Crippen LogP contribution in [0.1, 0.15) is 0 Å². The molecule has 1 aromatic carbocycles. The zero-order valence-corrected chi connectivity index (χ0v) is 10.7. The molecule has 0 fully saturated rings. The van der Waals surface area contributed by atoms with E-state index in [1.165, 1.54) is 6.33 Å². The molecule has 0 radical (unpaired) electrons. The maximum absolute atomic E-state index is 5.17. The topological polar surface area (TPSA) is 56.1 Å². The van der Waals surface area contributed by atoms with Crippen molar-refractivity contribution >= 4 is 16.9 Å². The van der Waals surface area contributed by atoms with E-state index in [2.05, 4.69) is 15.1 Å². The van der Waals surface area contributed by atoms with Crippen LogP contribution in [0.25, 0.3) is 16.7 Å². The molecule has 19 heavy (non-hydrogen) atoms. The lowest BCUT2D eigenvalue weighted by Gasteiger charge is -2.14. The van der Waals surface area contributed by atoms with Crippen LogP contribution in [0.15, 0.2) is 42.9 Å². The molecule has 0 bridgehead atoms. The number of hydrogen-bond donors (Lipinski definition) is 0. The van der Waals surface area contributed by atoms with Gasteiger partial charge in [-0.15, -0.1) is 0 Å². The summed E-state index contributed by atoms with van der Waals surface area (Å²) in [5, 5.41) is 6.80. The predicted octanol–water partition coefficient (Wildman–Crippen LogP) is 1.81. The van der Waals surface area contributed by atoms with Gasteiger partial charge in [0.1, 0.15) is 6.33 Å². The minimum absolute atomic E-state index is 0.690. The van der Waals surface area contributed by atoms with Crippen molar-refractivity contribution in [1.29, 1.82) is 0 Å². The average Bonchev–Trinajstić information content (AvgIpc) is 2.91. The highest BCUT2D eigenvalue weighted by Crippen LogP contribution is 2.23. The monoisotopic (exact) mass is 255 g/mol. The van der Waals surface area contributed by atoms with Gasteiger partial charge in [-0.25, -0.2) is 19.7 Å². The SMILES string of the molecule is CON(C)c1ncnc2c1cnn2-c1ccccc1. The Morgan fingerprint density at radius 3 is 2.68 bits per heavy atom. The number of hydroxylamine groups is 1. The first kappa shape index (κ1) is 11.6. The number of para-hydroxylation sites is 1. The molecular weight excluding hydrogens is 242 g/mol. The van der Waals surface area contributed by atoms with Crippen LogP contribution in [-0.4, -0.2) is 33.9 Å². The van der Waals surface area contributed by atoms with E-state index < -0.39 is 0 Å². The van der Waals surface area contributed by atoms with Gasteiger partial charge in [0, 0.05) is 7.05 Å². The van der Waals surface area contributed by atoms with Gasteiger partial charge in [-0.3, -0.25) is 4.84 Å². The Morgan fingerprint density at radius 2 is 1.95 bits per heavy atom.